The van der Waals surface area contributed by atoms with Crippen molar-refractivity contribution in [2.24, 2.45) is 16.9 Å². The average Bonchev–Trinajstić information content (AvgIpc) is 3.20. The number of hydrogen-bond acceptors (Lipinski definition) is 2. The highest BCUT2D eigenvalue weighted by molar-refractivity contribution is 5.98. The molecular weight excluding hydrogens is 310 g/mol. The van der Waals surface area contributed by atoms with Crippen LogP contribution < -0.4 is 5.43 Å². The molecular formula is C21H25N3O. The van der Waals surface area contributed by atoms with Gasteiger partial charge in [-0.25, -0.2) is 5.43 Å². The summed E-state index contributed by atoms with van der Waals surface area (Å²) in [5, 5.41) is 4.48. The summed E-state index contributed by atoms with van der Waals surface area (Å²) in [6.45, 7) is 0. The lowest BCUT2D eigenvalue weighted by Gasteiger charge is -2.35. The van der Waals surface area contributed by atoms with Crippen molar-refractivity contribution in [1.29, 1.82) is 0 Å². The SMILES string of the molecule is O=C(N/N=C1\CC[C@@H]2CCCC[C@@H]2C1)c1ccccc1-n1cccc1. The molecule has 1 amide bonds. The standard InChI is InChI=1S/C21H25N3O/c25-21(19-9-3-4-10-20(19)24-13-5-6-14-24)23-22-18-12-11-16-7-1-2-8-17(16)15-18/h3-6,9-10,13-14,16-17H,1-2,7-8,11-12,15H2,(H,23,25)/b22-18+/t16-,17+/m0/s1. The van der Waals surface area contributed by atoms with Gasteiger partial charge in [0.25, 0.3) is 5.91 Å². The Morgan fingerprint density at radius 3 is 2.60 bits per heavy atom. The molecule has 1 N–H and O–H groups in total. The Morgan fingerprint density at radius 1 is 1.00 bits per heavy atom. The monoisotopic (exact) mass is 335 g/mol. The maximum absolute atomic E-state index is 12.7. The second kappa shape index (κ2) is 7.26. The van der Waals surface area contributed by atoms with Crippen LogP contribution in [0.15, 0.2) is 53.9 Å². The van der Waals surface area contributed by atoms with E-state index in [4.69, 9.17) is 0 Å². The molecule has 0 bridgehead atoms. The fourth-order valence-corrected chi connectivity index (χ4v) is 4.37. The zero-order valence-electron chi connectivity index (χ0n) is 14.5. The van der Waals surface area contributed by atoms with Crippen molar-refractivity contribution in [3.05, 3.63) is 54.4 Å². The molecule has 2 aromatic rings. The van der Waals surface area contributed by atoms with E-state index in [0.717, 1.165) is 36.1 Å². The number of hydrogen-bond donors (Lipinski definition) is 1. The Hall–Kier alpha value is -2.36. The van der Waals surface area contributed by atoms with Gasteiger partial charge in [-0.2, -0.15) is 5.10 Å². The number of fused-ring (bicyclic) bond motifs is 1. The summed E-state index contributed by atoms with van der Waals surface area (Å²) >= 11 is 0. The van der Waals surface area contributed by atoms with Gasteiger partial charge in [-0.1, -0.05) is 31.4 Å². The van der Waals surface area contributed by atoms with Crippen LogP contribution in [0.3, 0.4) is 0 Å². The number of carbonyl (C=O) groups is 1. The molecule has 0 aliphatic heterocycles. The molecule has 1 aromatic carbocycles. The van der Waals surface area contributed by atoms with Gasteiger partial charge in [-0.05, 0) is 61.8 Å². The van der Waals surface area contributed by atoms with E-state index in [-0.39, 0.29) is 5.91 Å². The lowest BCUT2D eigenvalue weighted by atomic mass is 9.70. The smallest absolute Gasteiger partial charge is 0.273 e. The molecule has 1 heterocycles. The third-order valence-electron chi connectivity index (χ3n) is 5.71. The van der Waals surface area contributed by atoms with Crippen LogP contribution in [0, 0.1) is 11.8 Å². The normalized spacial score (nSPS) is 24.7. The molecule has 2 fully saturated rings. The van der Waals surface area contributed by atoms with E-state index < -0.39 is 0 Å². The molecule has 25 heavy (non-hydrogen) atoms. The van der Waals surface area contributed by atoms with Crippen LogP contribution in [0.5, 0.6) is 0 Å². The van der Waals surface area contributed by atoms with Gasteiger partial charge >= 0.3 is 0 Å². The highest BCUT2D eigenvalue weighted by Gasteiger charge is 2.30. The third kappa shape index (κ3) is 3.53. The van der Waals surface area contributed by atoms with Gasteiger partial charge in [0, 0.05) is 18.1 Å². The first-order valence-electron chi connectivity index (χ1n) is 9.39. The van der Waals surface area contributed by atoms with E-state index in [1.165, 1.54) is 32.1 Å². The molecule has 1 aromatic heterocycles. The number of para-hydroxylation sites is 1. The highest BCUT2D eigenvalue weighted by atomic mass is 16.2. The second-order valence-electron chi connectivity index (χ2n) is 7.27. The van der Waals surface area contributed by atoms with Crippen LogP contribution in [0.4, 0.5) is 0 Å². The molecule has 2 saturated carbocycles. The summed E-state index contributed by atoms with van der Waals surface area (Å²) in [5.74, 6) is 1.53. The van der Waals surface area contributed by atoms with Crippen molar-refractivity contribution in [3.8, 4) is 5.69 Å². The Morgan fingerprint density at radius 2 is 1.76 bits per heavy atom. The summed E-state index contributed by atoms with van der Waals surface area (Å²) in [6, 6.07) is 11.6. The number of hydrazone groups is 1. The highest BCUT2D eigenvalue weighted by Crippen LogP contribution is 2.39. The first-order valence-corrected chi connectivity index (χ1v) is 9.39. The summed E-state index contributed by atoms with van der Waals surface area (Å²) in [7, 11) is 0. The Labute approximate surface area is 148 Å². The van der Waals surface area contributed by atoms with E-state index in [9.17, 15) is 4.79 Å². The van der Waals surface area contributed by atoms with Crippen LogP contribution in [-0.4, -0.2) is 16.2 Å². The predicted molar refractivity (Wildman–Crippen MR) is 100.0 cm³/mol. The Bertz CT molecular complexity index is 763. The van der Waals surface area contributed by atoms with Crippen molar-refractivity contribution in [1.82, 2.24) is 9.99 Å². The molecule has 2 aliphatic carbocycles. The minimum absolute atomic E-state index is 0.137. The molecule has 2 atom stereocenters. The Kier molecular flexibility index (Phi) is 4.68. The van der Waals surface area contributed by atoms with Gasteiger partial charge in [-0.15, -0.1) is 0 Å². The molecule has 4 rings (SSSR count). The van der Waals surface area contributed by atoms with Crippen molar-refractivity contribution < 1.29 is 4.79 Å². The predicted octanol–water partition coefficient (Wildman–Crippen LogP) is 4.55. The lowest BCUT2D eigenvalue weighted by molar-refractivity contribution is 0.0954. The molecule has 4 heteroatoms. The van der Waals surface area contributed by atoms with Crippen molar-refractivity contribution >= 4 is 11.6 Å². The molecule has 0 radical (unpaired) electrons. The number of carbonyl (C=O) groups excluding carboxylic acids is 1. The quantitative estimate of drug-likeness (QED) is 0.822. The summed E-state index contributed by atoms with van der Waals surface area (Å²) in [5.41, 5.74) is 5.49. The Balaban J connectivity index is 1.46. The fraction of sp³-hybridized carbons (Fsp3) is 0.429. The van der Waals surface area contributed by atoms with E-state index in [1.807, 2.05) is 53.4 Å². The van der Waals surface area contributed by atoms with Crippen molar-refractivity contribution in [2.75, 3.05) is 0 Å². The molecule has 0 saturated heterocycles. The average molecular weight is 335 g/mol. The number of benzene rings is 1. The minimum Gasteiger partial charge on any atom is -0.323 e. The second-order valence-corrected chi connectivity index (χ2v) is 7.27. The van der Waals surface area contributed by atoms with Gasteiger partial charge in [0.2, 0.25) is 0 Å². The maximum Gasteiger partial charge on any atom is 0.273 e. The van der Waals surface area contributed by atoms with Crippen LogP contribution in [0.2, 0.25) is 0 Å². The number of nitrogens with one attached hydrogen (secondary N) is 1. The molecule has 0 unspecified atom stereocenters. The summed E-state index contributed by atoms with van der Waals surface area (Å²) in [6.07, 6.45) is 12.7. The fourth-order valence-electron chi connectivity index (χ4n) is 4.37. The zero-order valence-corrected chi connectivity index (χ0v) is 14.5. The van der Waals surface area contributed by atoms with Crippen LogP contribution >= 0.6 is 0 Å². The number of rotatable bonds is 3. The van der Waals surface area contributed by atoms with Gasteiger partial charge in [0.05, 0.1) is 11.3 Å². The number of amides is 1. The van der Waals surface area contributed by atoms with E-state index in [1.54, 1.807) is 0 Å². The van der Waals surface area contributed by atoms with Gasteiger partial charge < -0.3 is 4.57 Å². The van der Waals surface area contributed by atoms with E-state index in [0.29, 0.717) is 5.56 Å². The van der Waals surface area contributed by atoms with E-state index in [2.05, 4.69) is 10.5 Å². The van der Waals surface area contributed by atoms with Crippen molar-refractivity contribution in [2.45, 2.75) is 44.9 Å². The lowest BCUT2D eigenvalue weighted by Crippen LogP contribution is -2.30. The van der Waals surface area contributed by atoms with Crippen LogP contribution in [0.25, 0.3) is 5.69 Å². The number of nitrogens with zero attached hydrogens (tertiary/aromatic N) is 2. The summed E-state index contributed by atoms with van der Waals surface area (Å²) in [4.78, 5) is 12.7. The topological polar surface area (TPSA) is 46.4 Å². The van der Waals surface area contributed by atoms with Crippen LogP contribution in [-0.2, 0) is 0 Å². The third-order valence-corrected chi connectivity index (χ3v) is 5.71. The van der Waals surface area contributed by atoms with Crippen molar-refractivity contribution in [3.63, 3.8) is 0 Å². The van der Waals surface area contributed by atoms with Crippen LogP contribution in [0.1, 0.15) is 55.3 Å². The van der Waals surface area contributed by atoms with Gasteiger partial charge in [-0.3, -0.25) is 4.79 Å². The molecule has 4 nitrogen and oxygen atoms in total. The first-order chi connectivity index (χ1) is 12.3. The van der Waals surface area contributed by atoms with Gasteiger partial charge in [0.1, 0.15) is 0 Å². The number of aromatic nitrogens is 1. The zero-order chi connectivity index (χ0) is 17.1. The molecule has 130 valence electrons. The van der Waals surface area contributed by atoms with Gasteiger partial charge in [0.15, 0.2) is 0 Å². The summed E-state index contributed by atoms with van der Waals surface area (Å²) < 4.78 is 1.95. The molecule has 0 spiro atoms. The molecule has 2 aliphatic rings. The van der Waals surface area contributed by atoms with E-state index >= 15 is 0 Å². The largest absolute Gasteiger partial charge is 0.323 e. The first kappa shape index (κ1) is 16.1. The minimum atomic E-state index is -0.137. The maximum atomic E-state index is 12.7.